The molecule has 2 rings (SSSR count). The molecule has 3 N–H and O–H groups in total. The molecule has 0 fully saturated rings. The summed E-state index contributed by atoms with van der Waals surface area (Å²) >= 11 is 1.66. The number of hydrogen-bond donors (Lipinski definition) is 2. The Morgan fingerprint density at radius 3 is 2.42 bits per heavy atom. The van der Waals surface area contributed by atoms with Crippen LogP contribution in [0.2, 0.25) is 0 Å². The monoisotopic (exact) mass is 275 g/mol. The van der Waals surface area contributed by atoms with Crippen LogP contribution in [0.1, 0.15) is 42.8 Å². The van der Waals surface area contributed by atoms with Gasteiger partial charge in [-0.3, -0.25) is 16.3 Å². The van der Waals surface area contributed by atoms with E-state index in [2.05, 4.69) is 55.4 Å². The molecule has 0 radical (unpaired) electrons. The van der Waals surface area contributed by atoms with E-state index in [1.54, 1.807) is 11.3 Å². The Bertz CT molecular complexity index is 497. The Morgan fingerprint density at radius 1 is 1.26 bits per heavy atom. The van der Waals surface area contributed by atoms with Crippen LogP contribution >= 0.6 is 11.3 Å². The molecule has 0 aliphatic rings. The summed E-state index contributed by atoms with van der Waals surface area (Å²) in [6, 6.07) is 8.83. The van der Waals surface area contributed by atoms with Crippen molar-refractivity contribution in [2.75, 3.05) is 0 Å². The van der Waals surface area contributed by atoms with Crippen LogP contribution in [-0.4, -0.2) is 4.98 Å². The van der Waals surface area contributed by atoms with Crippen LogP contribution in [0, 0.1) is 0 Å². The van der Waals surface area contributed by atoms with E-state index < -0.39 is 0 Å². The Balaban J connectivity index is 2.15. The zero-order chi connectivity index (χ0) is 13.9. The summed E-state index contributed by atoms with van der Waals surface area (Å²) in [6.07, 6.45) is 2.77. The molecule has 1 heterocycles. The minimum Gasteiger partial charge on any atom is -0.271 e. The number of nitrogens with two attached hydrogens (primary N) is 1. The maximum absolute atomic E-state index is 5.68. The lowest BCUT2D eigenvalue weighted by molar-refractivity contribution is 0.552. The number of aromatic nitrogens is 1. The third-order valence-corrected chi connectivity index (χ3v) is 4.07. The first kappa shape index (κ1) is 14.2. The molecule has 0 amide bonds. The smallest absolute Gasteiger partial charge is 0.0794 e. The summed E-state index contributed by atoms with van der Waals surface area (Å²) in [6.45, 7) is 6.66. The molecule has 0 aliphatic carbocycles. The van der Waals surface area contributed by atoms with Crippen LogP contribution in [0.15, 0.2) is 36.0 Å². The molecule has 1 unspecified atom stereocenters. The highest BCUT2D eigenvalue weighted by atomic mass is 32.1. The van der Waals surface area contributed by atoms with Gasteiger partial charge in [0.1, 0.15) is 0 Å². The standard InChI is InChI=1S/C15H21N3S/c1-15(2,3)12-6-4-11(5-7-12)14(18-16)8-13-9-17-10-19-13/h4-7,9-10,14,18H,8,16H2,1-3H3. The molecule has 102 valence electrons. The van der Waals surface area contributed by atoms with Crippen molar-refractivity contribution in [1.82, 2.24) is 10.4 Å². The third-order valence-electron chi connectivity index (χ3n) is 3.27. The van der Waals surface area contributed by atoms with Crippen molar-refractivity contribution in [3.05, 3.63) is 52.0 Å². The van der Waals surface area contributed by atoms with Crippen LogP contribution in [-0.2, 0) is 11.8 Å². The van der Waals surface area contributed by atoms with Gasteiger partial charge >= 0.3 is 0 Å². The highest BCUT2D eigenvalue weighted by Crippen LogP contribution is 2.25. The lowest BCUT2D eigenvalue weighted by Gasteiger charge is -2.21. The fourth-order valence-electron chi connectivity index (χ4n) is 2.03. The average molecular weight is 275 g/mol. The fraction of sp³-hybridized carbons (Fsp3) is 0.400. The molecule has 4 heteroatoms. The molecule has 0 bridgehead atoms. The van der Waals surface area contributed by atoms with Gasteiger partial charge in [-0.05, 0) is 16.5 Å². The van der Waals surface area contributed by atoms with E-state index in [4.69, 9.17) is 5.84 Å². The van der Waals surface area contributed by atoms with E-state index in [1.807, 2.05) is 11.7 Å². The van der Waals surface area contributed by atoms with Crippen LogP contribution in [0.5, 0.6) is 0 Å². The molecule has 19 heavy (non-hydrogen) atoms. The molecule has 0 spiro atoms. The number of hydrogen-bond acceptors (Lipinski definition) is 4. The number of thiazole rings is 1. The normalized spacial score (nSPS) is 13.5. The van der Waals surface area contributed by atoms with Crippen LogP contribution in [0.25, 0.3) is 0 Å². The van der Waals surface area contributed by atoms with Gasteiger partial charge in [0.05, 0.1) is 11.6 Å². The van der Waals surface area contributed by atoms with Gasteiger partial charge in [0, 0.05) is 17.5 Å². The molecule has 0 saturated heterocycles. The number of rotatable bonds is 4. The number of benzene rings is 1. The van der Waals surface area contributed by atoms with Gasteiger partial charge in [-0.15, -0.1) is 11.3 Å². The molecular weight excluding hydrogens is 254 g/mol. The number of nitrogens with zero attached hydrogens (tertiary/aromatic N) is 1. The topological polar surface area (TPSA) is 50.9 Å². The second-order valence-electron chi connectivity index (χ2n) is 5.76. The first-order chi connectivity index (χ1) is 9.00. The molecule has 0 saturated carbocycles. The van der Waals surface area contributed by atoms with Crippen LogP contribution in [0.3, 0.4) is 0 Å². The Morgan fingerprint density at radius 2 is 1.95 bits per heavy atom. The summed E-state index contributed by atoms with van der Waals surface area (Å²) in [7, 11) is 0. The zero-order valence-corrected chi connectivity index (χ0v) is 12.5. The van der Waals surface area contributed by atoms with Gasteiger partial charge in [-0.2, -0.15) is 0 Å². The molecule has 3 nitrogen and oxygen atoms in total. The second kappa shape index (κ2) is 5.82. The predicted octanol–water partition coefficient (Wildman–Crippen LogP) is 3.19. The van der Waals surface area contributed by atoms with Gasteiger partial charge < -0.3 is 0 Å². The quantitative estimate of drug-likeness (QED) is 0.665. The minimum atomic E-state index is 0.134. The molecule has 0 aliphatic heterocycles. The Labute approximate surface area is 118 Å². The van der Waals surface area contributed by atoms with Crippen molar-refractivity contribution in [2.45, 2.75) is 38.6 Å². The zero-order valence-electron chi connectivity index (χ0n) is 11.7. The molecule has 1 aromatic carbocycles. The Kier molecular flexibility index (Phi) is 4.34. The first-order valence-electron chi connectivity index (χ1n) is 6.44. The Hall–Kier alpha value is -1.23. The predicted molar refractivity (Wildman–Crippen MR) is 81.0 cm³/mol. The number of nitrogens with one attached hydrogen (secondary N) is 1. The van der Waals surface area contributed by atoms with Crippen LogP contribution < -0.4 is 11.3 Å². The van der Waals surface area contributed by atoms with Gasteiger partial charge in [0.2, 0.25) is 0 Å². The van der Waals surface area contributed by atoms with Crippen molar-refractivity contribution in [2.24, 2.45) is 5.84 Å². The molecular formula is C15H21N3S. The van der Waals surface area contributed by atoms with Gasteiger partial charge in [0.15, 0.2) is 0 Å². The summed E-state index contributed by atoms with van der Waals surface area (Å²) in [5.41, 5.74) is 7.48. The van der Waals surface area contributed by atoms with E-state index in [0.29, 0.717) is 0 Å². The van der Waals surface area contributed by atoms with Gasteiger partial charge in [0.25, 0.3) is 0 Å². The second-order valence-corrected chi connectivity index (χ2v) is 6.73. The van der Waals surface area contributed by atoms with Crippen molar-refractivity contribution < 1.29 is 0 Å². The van der Waals surface area contributed by atoms with E-state index in [1.165, 1.54) is 16.0 Å². The third kappa shape index (κ3) is 3.62. The average Bonchev–Trinajstić information content (AvgIpc) is 2.88. The maximum atomic E-state index is 5.68. The lowest BCUT2D eigenvalue weighted by Crippen LogP contribution is -2.29. The highest BCUT2D eigenvalue weighted by Gasteiger charge is 2.15. The minimum absolute atomic E-state index is 0.134. The van der Waals surface area contributed by atoms with Crippen molar-refractivity contribution >= 4 is 11.3 Å². The highest BCUT2D eigenvalue weighted by molar-refractivity contribution is 7.09. The van der Waals surface area contributed by atoms with E-state index in [9.17, 15) is 0 Å². The summed E-state index contributed by atoms with van der Waals surface area (Å²) in [4.78, 5) is 5.34. The van der Waals surface area contributed by atoms with Gasteiger partial charge in [-0.25, -0.2) is 0 Å². The van der Waals surface area contributed by atoms with Crippen molar-refractivity contribution in [3.63, 3.8) is 0 Å². The summed E-state index contributed by atoms with van der Waals surface area (Å²) in [5, 5.41) is 0. The van der Waals surface area contributed by atoms with E-state index in [0.717, 1.165) is 6.42 Å². The van der Waals surface area contributed by atoms with Crippen LogP contribution in [0.4, 0.5) is 0 Å². The SMILES string of the molecule is CC(C)(C)c1ccc(C(Cc2cncs2)NN)cc1. The fourth-order valence-corrected chi connectivity index (χ4v) is 2.67. The molecule has 2 aromatic rings. The first-order valence-corrected chi connectivity index (χ1v) is 7.32. The van der Waals surface area contributed by atoms with Crippen molar-refractivity contribution in [1.29, 1.82) is 0 Å². The van der Waals surface area contributed by atoms with Gasteiger partial charge in [-0.1, -0.05) is 45.0 Å². The summed E-state index contributed by atoms with van der Waals surface area (Å²) in [5.74, 6) is 5.68. The van der Waals surface area contributed by atoms with Crippen molar-refractivity contribution in [3.8, 4) is 0 Å². The number of hydrazine groups is 1. The van der Waals surface area contributed by atoms with E-state index in [-0.39, 0.29) is 11.5 Å². The lowest BCUT2D eigenvalue weighted by atomic mass is 9.86. The summed E-state index contributed by atoms with van der Waals surface area (Å²) < 4.78 is 0. The van der Waals surface area contributed by atoms with E-state index >= 15 is 0 Å². The molecule has 1 aromatic heterocycles. The largest absolute Gasteiger partial charge is 0.271 e. The maximum Gasteiger partial charge on any atom is 0.0794 e. The molecule has 1 atom stereocenters.